The minimum absolute atomic E-state index is 0.220. The molecule has 1 aromatic carbocycles. The van der Waals surface area contributed by atoms with E-state index in [0.29, 0.717) is 26.4 Å². The van der Waals surface area contributed by atoms with E-state index in [1.165, 1.54) is 11.3 Å². The van der Waals surface area contributed by atoms with Gasteiger partial charge in [-0.2, -0.15) is 0 Å². The van der Waals surface area contributed by atoms with Gasteiger partial charge in [-0.25, -0.2) is 9.79 Å². The molecule has 1 atom stereocenters. The first-order chi connectivity index (χ1) is 16.0. The molecule has 0 amide bonds. The molecule has 33 heavy (non-hydrogen) atoms. The highest BCUT2D eigenvalue weighted by Gasteiger charge is 2.33. The molecule has 4 rings (SSSR count). The van der Waals surface area contributed by atoms with Crippen molar-refractivity contribution in [3.05, 3.63) is 84.7 Å². The summed E-state index contributed by atoms with van der Waals surface area (Å²) in [4.78, 5) is 33.6. The van der Waals surface area contributed by atoms with Crippen LogP contribution in [0, 0.1) is 0 Å². The van der Waals surface area contributed by atoms with Crippen molar-refractivity contribution in [2.45, 2.75) is 33.7 Å². The van der Waals surface area contributed by atoms with Gasteiger partial charge in [-0.15, -0.1) is 0 Å². The number of nitrogens with zero attached hydrogens (tertiary/aromatic N) is 3. The van der Waals surface area contributed by atoms with Gasteiger partial charge in [0.1, 0.15) is 5.76 Å². The van der Waals surface area contributed by atoms with Crippen LogP contribution < -0.4 is 19.8 Å². The lowest BCUT2D eigenvalue weighted by atomic mass is 9.96. The number of hydrogen-bond acceptors (Lipinski definition) is 7. The largest absolute Gasteiger partial charge is 0.463 e. The van der Waals surface area contributed by atoms with E-state index in [9.17, 15) is 9.59 Å². The molecule has 0 radical (unpaired) electrons. The van der Waals surface area contributed by atoms with Crippen molar-refractivity contribution in [1.29, 1.82) is 0 Å². The number of fused-ring (bicyclic) bond motifs is 1. The van der Waals surface area contributed by atoms with Gasteiger partial charge in [-0.05, 0) is 39.3 Å². The molecule has 0 spiro atoms. The maximum Gasteiger partial charge on any atom is 0.338 e. The minimum atomic E-state index is -0.605. The summed E-state index contributed by atoms with van der Waals surface area (Å²) in [6.45, 7) is 9.58. The maximum absolute atomic E-state index is 13.5. The van der Waals surface area contributed by atoms with Gasteiger partial charge >= 0.3 is 5.97 Å². The van der Waals surface area contributed by atoms with Gasteiger partial charge in [-0.1, -0.05) is 41.7 Å². The van der Waals surface area contributed by atoms with Crippen LogP contribution in [-0.4, -0.2) is 30.2 Å². The van der Waals surface area contributed by atoms with Gasteiger partial charge < -0.3 is 14.1 Å². The Balaban J connectivity index is 1.87. The van der Waals surface area contributed by atoms with E-state index in [1.807, 2.05) is 42.5 Å². The average molecular weight is 466 g/mol. The molecule has 3 aromatic rings. The third kappa shape index (κ3) is 4.30. The second kappa shape index (κ2) is 9.62. The van der Waals surface area contributed by atoms with Crippen LogP contribution in [0.15, 0.2) is 67.9 Å². The third-order valence-electron chi connectivity index (χ3n) is 5.59. The maximum atomic E-state index is 13.5. The summed E-state index contributed by atoms with van der Waals surface area (Å²) in [7, 11) is 0. The molecule has 0 saturated carbocycles. The van der Waals surface area contributed by atoms with Gasteiger partial charge in [0.25, 0.3) is 5.56 Å². The summed E-state index contributed by atoms with van der Waals surface area (Å²) in [6, 6.07) is 12.7. The molecule has 1 aliphatic heterocycles. The van der Waals surface area contributed by atoms with Crippen molar-refractivity contribution in [1.82, 2.24) is 4.57 Å². The van der Waals surface area contributed by atoms with Gasteiger partial charge in [0.2, 0.25) is 0 Å². The normalized spacial score (nSPS) is 15.9. The first-order valence-electron chi connectivity index (χ1n) is 11.1. The predicted octanol–water partition coefficient (Wildman–Crippen LogP) is 3.24. The fourth-order valence-electron chi connectivity index (χ4n) is 4.00. The summed E-state index contributed by atoms with van der Waals surface area (Å²) < 4.78 is 13.3. The van der Waals surface area contributed by atoms with Crippen LogP contribution in [-0.2, 0) is 9.53 Å². The lowest BCUT2D eigenvalue weighted by molar-refractivity contribution is -0.139. The Morgan fingerprint density at radius 1 is 1.18 bits per heavy atom. The number of furan rings is 1. The highest BCUT2D eigenvalue weighted by Crippen LogP contribution is 2.30. The van der Waals surface area contributed by atoms with Crippen LogP contribution in [0.1, 0.15) is 45.1 Å². The zero-order chi connectivity index (χ0) is 23.5. The van der Waals surface area contributed by atoms with Crippen molar-refractivity contribution in [3.8, 4) is 0 Å². The summed E-state index contributed by atoms with van der Waals surface area (Å²) in [6.07, 6.45) is 1.74. The Kier molecular flexibility index (Phi) is 6.65. The second-order valence-electron chi connectivity index (χ2n) is 7.56. The Morgan fingerprint density at radius 3 is 2.58 bits per heavy atom. The Hall–Kier alpha value is -3.39. The highest BCUT2D eigenvalue weighted by molar-refractivity contribution is 7.07. The highest BCUT2D eigenvalue weighted by atomic mass is 32.1. The Labute approximate surface area is 195 Å². The van der Waals surface area contributed by atoms with E-state index in [4.69, 9.17) is 9.15 Å². The summed E-state index contributed by atoms with van der Waals surface area (Å²) in [5.74, 6) is 0.901. The van der Waals surface area contributed by atoms with E-state index >= 15 is 0 Å². The van der Waals surface area contributed by atoms with E-state index in [0.717, 1.165) is 24.5 Å². The molecular weight excluding hydrogens is 438 g/mol. The van der Waals surface area contributed by atoms with Crippen molar-refractivity contribution in [3.63, 3.8) is 0 Å². The fourth-order valence-corrected chi connectivity index (χ4v) is 5.02. The van der Waals surface area contributed by atoms with Crippen LogP contribution in [0.5, 0.6) is 0 Å². The predicted molar refractivity (Wildman–Crippen MR) is 129 cm³/mol. The first-order valence-corrected chi connectivity index (χ1v) is 11.9. The monoisotopic (exact) mass is 465 g/mol. The molecular formula is C25H27N3O4S. The number of anilines is 1. The van der Waals surface area contributed by atoms with Crippen LogP contribution in [0.3, 0.4) is 0 Å². The molecule has 2 aromatic heterocycles. The van der Waals surface area contributed by atoms with E-state index in [-0.39, 0.29) is 12.2 Å². The molecule has 0 bridgehead atoms. The number of rotatable bonds is 7. The number of hydrogen-bond donors (Lipinski definition) is 0. The van der Waals surface area contributed by atoms with E-state index < -0.39 is 12.0 Å². The van der Waals surface area contributed by atoms with Crippen molar-refractivity contribution < 1.29 is 13.9 Å². The van der Waals surface area contributed by atoms with E-state index in [1.54, 1.807) is 24.5 Å². The fraction of sp³-hybridized carbons (Fsp3) is 0.320. The lowest BCUT2D eigenvalue weighted by Gasteiger charge is -2.24. The lowest BCUT2D eigenvalue weighted by Crippen LogP contribution is -2.39. The molecule has 0 saturated heterocycles. The quantitative estimate of drug-likeness (QED) is 0.501. The van der Waals surface area contributed by atoms with Gasteiger partial charge in [0, 0.05) is 25.2 Å². The van der Waals surface area contributed by atoms with Crippen molar-refractivity contribution >= 4 is 29.3 Å². The molecule has 1 aliphatic rings. The molecule has 0 N–H and O–H groups in total. The van der Waals surface area contributed by atoms with Gasteiger partial charge in [0.05, 0.1) is 28.5 Å². The molecule has 0 fully saturated rings. The number of carbonyl (C=O) groups excluding carboxylic acids is 1. The summed E-state index contributed by atoms with van der Waals surface area (Å²) in [5.41, 5.74) is 1.53. The van der Waals surface area contributed by atoms with Crippen molar-refractivity contribution in [2.24, 2.45) is 4.99 Å². The number of ether oxygens (including phenoxy) is 1. The van der Waals surface area contributed by atoms with Crippen LogP contribution >= 0.6 is 11.3 Å². The average Bonchev–Trinajstić information content (AvgIpc) is 3.39. The minimum Gasteiger partial charge on any atom is -0.463 e. The number of benzene rings is 1. The van der Waals surface area contributed by atoms with Crippen LogP contribution in [0.25, 0.3) is 6.08 Å². The number of thiazole rings is 1. The SMILES string of the molecule is CCOC(=O)C1=C(C)N=c2s/c(=C/c3ccc(N(CC)CC)o3)c(=O)n2[C@@H]1c1ccccc1. The summed E-state index contributed by atoms with van der Waals surface area (Å²) in [5, 5.41) is 0. The van der Waals surface area contributed by atoms with Gasteiger partial charge in [-0.3, -0.25) is 9.36 Å². The molecule has 0 aliphatic carbocycles. The molecule has 7 nitrogen and oxygen atoms in total. The van der Waals surface area contributed by atoms with Crippen LogP contribution in [0.2, 0.25) is 0 Å². The summed E-state index contributed by atoms with van der Waals surface area (Å²) >= 11 is 1.28. The smallest absolute Gasteiger partial charge is 0.338 e. The molecule has 0 unspecified atom stereocenters. The van der Waals surface area contributed by atoms with Crippen molar-refractivity contribution in [2.75, 3.05) is 24.6 Å². The standard InChI is InChI=1S/C25H27N3O4S/c1-5-27(6-2)20-14-13-18(32-20)15-19-23(29)28-22(17-11-9-8-10-12-17)21(24(30)31-7-3)16(4)26-25(28)33-19/h8-15,22H,5-7H2,1-4H3/b19-15+/t22-/m1/s1. The zero-order valence-corrected chi connectivity index (χ0v) is 20.0. The second-order valence-corrected chi connectivity index (χ2v) is 8.57. The number of allylic oxidation sites excluding steroid dienone is 1. The van der Waals surface area contributed by atoms with Crippen LogP contribution in [0.4, 0.5) is 5.88 Å². The number of carbonyl (C=O) groups is 1. The molecule has 3 heterocycles. The van der Waals surface area contributed by atoms with E-state index in [2.05, 4.69) is 23.7 Å². The first kappa shape index (κ1) is 22.8. The number of esters is 1. The Morgan fingerprint density at radius 2 is 1.91 bits per heavy atom. The Bertz CT molecular complexity index is 1360. The number of aromatic nitrogens is 1. The zero-order valence-electron chi connectivity index (χ0n) is 19.2. The third-order valence-corrected chi connectivity index (χ3v) is 6.58. The molecule has 172 valence electrons. The topological polar surface area (TPSA) is 77.0 Å². The van der Waals surface area contributed by atoms with Gasteiger partial charge in [0.15, 0.2) is 10.7 Å². The molecule has 8 heteroatoms.